The minimum atomic E-state index is -0.954. The van der Waals surface area contributed by atoms with Crippen molar-refractivity contribution in [3.63, 3.8) is 0 Å². The SMILES string of the molecule is CCn1c(-c2cnc(C)nc2)nc2c(-c3ccc4c(c3)C3(CCCN3C(=O)C3CC3)C(=O)N4)ncnc21. The highest BCUT2D eigenvalue weighted by atomic mass is 16.2. The van der Waals surface area contributed by atoms with E-state index in [1.165, 1.54) is 0 Å². The molecule has 1 saturated heterocycles. The summed E-state index contributed by atoms with van der Waals surface area (Å²) in [5.74, 6) is 1.46. The van der Waals surface area contributed by atoms with Gasteiger partial charge in [0.2, 0.25) is 5.91 Å². The third-order valence-electron chi connectivity index (χ3n) is 7.82. The Morgan fingerprint density at radius 2 is 1.95 bits per heavy atom. The number of aryl methyl sites for hydroxylation is 2. The Bertz CT molecular complexity index is 1590. The Kier molecular flexibility index (Phi) is 4.70. The number of anilines is 1. The van der Waals surface area contributed by atoms with E-state index in [-0.39, 0.29) is 17.7 Å². The summed E-state index contributed by atoms with van der Waals surface area (Å²) in [4.78, 5) is 51.2. The fourth-order valence-electron chi connectivity index (χ4n) is 5.85. The first kappa shape index (κ1) is 22.0. The predicted molar refractivity (Wildman–Crippen MR) is 136 cm³/mol. The van der Waals surface area contributed by atoms with Gasteiger partial charge in [-0.2, -0.15) is 0 Å². The van der Waals surface area contributed by atoms with Crippen LogP contribution in [0.5, 0.6) is 0 Å². The normalized spacial score (nSPS) is 20.6. The average Bonchev–Trinajstić information content (AvgIpc) is 3.46. The predicted octanol–water partition coefficient (Wildman–Crippen LogP) is 3.46. The Morgan fingerprint density at radius 1 is 1.14 bits per heavy atom. The Hall–Kier alpha value is -4.21. The molecule has 1 aromatic carbocycles. The van der Waals surface area contributed by atoms with Gasteiger partial charge >= 0.3 is 0 Å². The zero-order valence-electron chi connectivity index (χ0n) is 20.7. The van der Waals surface area contributed by atoms with E-state index < -0.39 is 5.54 Å². The molecule has 2 aliphatic heterocycles. The molecule has 1 atom stereocenters. The van der Waals surface area contributed by atoms with E-state index in [4.69, 9.17) is 4.98 Å². The molecule has 1 unspecified atom stereocenters. The van der Waals surface area contributed by atoms with E-state index in [1.807, 2.05) is 41.5 Å². The number of rotatable bonds is 4. The number of aromatic nitrogens is 6. The fourth-order valence-corrected chi connectivity index (χ4v) is 5.85. The van der Waals surface area contributed by atoms with Crippen LogP contribution in [0.2, 0.25) is 0 Å². The van der Waals surface area contributed by atoms with E-state index in [1.54, 1.807) is 18.7 Å². The lowest BCUT2D eigenvalue weighted by molar-refractivity contribution is -0.143. The van der Waals surface area contributed by atoms with Crippen molar-refractivity contribution >= 4 is 28.7 Å². The molecular formula is C27H26N8O2. The molecule has 1 spiro atoms. The summed E-state index contributed by atoms with van der Waals surface area (Å²) in [6, 6.07) is 5.86. The first-order valence-corrected chi connectivity index (χ1v) is 12.8. The summed E-state index contributed by atoms with van der Waals surface area (Å²) in [5.41, 5.74) is 4.36. The van der Waals surface area contributed by atoms with E-state index in [2.05, 4.69) is 25.3 Å². The van der Waals surface area contributed by atoms with Crippen molar-refractivity contribution in [1.29, 1.82) is 0 Å². The third-order valence-corrected chi connectivity index (χ3v) is 7.82. The molecule has 1 saturated carbocycles. The topological polar surface area (TPSA) is 119 Å². The maximum absolute atomic E-state index is 13.4. The van der Waals surface area contributed by atoms with E-state index in [0.29, 0.717) is 36.5 Å². The molecule has 4 aromatic rings. The molecule has 3 aliphatic rings. The lowest BCUT2D eigenvalue weighted by Crippen LogP contribution is -2.50. The van der Waals surface area contributed by atoms with Gasteiger partial charge in [-0.05, 0) is 51.7 Å². The third kappa shape index (κ3) is 3.14. The lowest BCUT2D eigenvalue weighted by Gasteiger charge is -2.33. The minimum Gasteiger partial charge on any atom is -0.324 e. The number of likely N-dealkylation sites (tertiary alicyclic amines) is 1. The maximum atomic E-state index is 13.4. The van der Waals surface area contributed by atoms with Crippen LogP contribution in [0, 0.1) is 12.8 Å². The van der Waals surface area contributed by atoms with E-state index in [0.717, 1.165) is 53.1 Å². The van der Waals surface area contributed by atoms with Crippen LogP contribution in [0.25, 0.3) is 33.8 Å². The monoisotopic (exact) mass is 494 g/mol. The molecule has 2 amide bonds. The number of benzene rings is 1. The van der Waals surface area contributed by atoms with Crippen molar-refractivity contribution in [1.82, 2.24) is 34.4 Å². The quantitative estimate of drug-likeness (QED) is 0.461. The molecule has 0 bridgehead atoms. The summed E-state index contributed by atoms with van der Waals surface area (Å²) < 4.78 is 2.03. The van der Waals surface area contributed by atoms with Crippen LogP contribution >= 0.6 is 0 Å². The van der Waals surface area contributed by atoms with Crippen LogP contribution in [-0.4, -0.2) is 52.7 Å². The molecule has 7 rings (SSSR count). The number of hydrogen-bond donors (Lipinski definition) is 1. The van der Waals surface area contributed by atoms with Crippen molar-refractivity contribution in [2.24, 2.45) is 5.92 Å². The number of imidazole rings is 1. The Balaban J connectivity index is 1.38. The molecule has 3 aromatic heterocycles. The van der Waals surface area contributed by atoms with Gasteiger partial charge in [0.1, 0.15) is 34.7 Å². The largest absolute Gasteiger partial charge is 0.324 e. The zero-order valence-corrected chi connectivity index (χ0v) is 20.7. The molecule has 2 fully saturated rings. The standard InChI is InChI=1S/C27H26N8O2/c1-3-34-23(18-12-28-15(2)29-13-18)33-22-21(30-14-31-24(22)34)17-7-8-20-19(11-17)27(26(37)32-20)9-4-10-35(27)25(36)16-5-6-16/h7-8,11-14,16H,3-6,9-10H2,1-2H3,(H,32,37). The van der Waals surface area contributed by atoms with Crippen LogP contribution in [0.3, 0.4) is 0 Å². The Morgan fingerprint density at radius 3 is 2.70 bits per heavy atom. The number of carbonyl (C=O) groups is 2. The van der Waals surface area contributed by atoms with E-state index in [9.17, 15) is 9.59 Å². The van der Waals surface area contributed by atoms with Crippen LogP contribution in [0.4, 0.5) is 5.69 Å². The van der Waals surface area contributed by atoms with Gasteiger partial charge < -0.3 is 14.8 Å². The van der Waals surface area contributed by atoms with E-state index >= 15 is 0 Å². The fraction of sp³-hybridized carbons (Fsp3) is 0.370. The maximum Gasteiger partial charge on any atom is 0.255 e. The van der Waals surface area contributed by atoms with Gasteiger partial charge in [-0.3, -0.25) is 9.59 Å². The highest BCUT2D eigenvalue weighted by Crippen LogP contribution is 2.50. The second kappa shape index (κ2) is 7.89. The molecule has 5 heterocycles. The molecule has 37 heavy (non-hydrogen) atoms. The molecule has 0 radical (unpaired) electrons. The van der Waals surface area contributed by atoms with Crippen molar-refractivity contribution in [3.8, 4) is 22.6 Å². The van der Waals surface area contributed by atoms with Gasteiger partial charge in [0.15, 0.2) is 5.65 Å². The average molecular weight is 495 g/mol. The minimum absolute atomic E-state index is 0.0543. The first-order chi connectivity index (χ1) is 18.0. The van der Waals surface area contributed by atoms with Crippen molar-refractivity contribution < 1.29 is 9.59 Å². The zero-order chi connectivity index (χ0) is 25.3. The number of nitrogens with one attached hydrogen (secondary N) is 1. The van der Waals surface area contributed by atoms with Crippen LogP contribution < -0.4 is 5.32 Å². The highest BCUT2D eigenvalue weighted by Gasteiger charge is 2.57. The number of fused-ring (bicyclic) bond motifs is 3. The number of hydrogen-bond acceptors (Lipinski definition) is 7. The van der Waals surface area contributed by atoms with Crippen molar-refractivity contribution in [2.45, 2.75) is 51.6 Å². The Labute approximate surface area is 213 Å². The molecule has 10 heteroatoms. The van der Waals surface area contributed by atoms with Crippen molar-refractivity contribution in [3.05, 3.63) is 48.3 Å². The highest BCUT2D eigenvalue weighted by molar-refractivity contribution is 6.09. The number of amides is 2. The lowest BCUT2D eigenvalue weighted by atomic mass is 9.86. The van der Waals surface area contributed by atoms with Gasteiger partial charge in [0, 0.05) is 48.2 Å². The summed E-state index contributed by atoms with van der Waals surface area (Å²) in [6.45, 7) is 5.16. The van der Waals surface area contributed by atoms with Gasteiger partial charge in [0.25, 0.3) is 5.91 Å². The second-order valence-corrected chi connectivity index (χ2v) is 10.0. The molecule has 1 N–H and O–H groups in total. The second-order valence-electron chi connectivity index (χ2n) is 10.0. The van der Waals surface area contributed by atoms with Crippen LogP contribution in [-0.2, 0) is 21.7 Å². The smallest absolute Gasteiger partial charge is 0.255 e. The van der Waals surface area contributed by atoms with Gasteiger partial charge in [-0.1, -0.05) is 6.07 Å². The van der Waals surface area contributed by atoms with Crippen LogP contribution in [0.15, 0.2) is 36.9 Å². The molecule has 1 aliphatic carbocycles. The number of nitrogens with zero attached hydrogens (tertiary/aromatic N) is 7. The van der Waals surface area contributed by atoms with Gasteiger partial charge in [0.05, 0.1) is 5.56 Å². The van der Waals surface area contributed by atoms with Crippen molar-refractivity contribution in [2.75, 3.05) is 11.9 Å². The van der Waals surface area contributed by atoms with Crippen LogP contribution in [0.1, 0.15) is 44.0 Å². The van der Waals surface area contributed by atoms with Gasteiger partial charge in [-0.25, -0.2) is 24.9 Å². The molecule has 186 valence electrons. The first-order valence-electron chi connectivity index (χ1n) is 12.8. The summed E-state index contributed by atoms with van der Waals surface area (Å²) in [7, 11) is 0. The molecule has 10 nitrogen and oxygen atoms in total. The number of carbonyl (C=O) groups excluding carboxylic acids is 2. The summed E-state index contributed by atoms with van der Waals surface area (Å²) in [6.07, 6.45) is 8.33. The summed E-state index contributed by atoms with van der Waals surface area (Å²) >= 11 is 0. The van der Waals surface area contributed by atoms with Gasteiger partial charge in [-0.15, -0.1) is 0 Å². The molecular weight excluding hydrogens is 468 g/mol. The summed E-state index contributed by atoms with van der Waals surface area (Å²) in [5, 5.41) is 3.04.